The van der Waals surface area contributed by atoms with Crippen molar-refractivity contribution in [2.24, 2.45) is 11.7 Å². The minimum Gasteiger partial charge on any atom is -0.490 e. The Balaban J connectivity index is 0.00000196. The Bertz CT molecular complexity index is 305. The summed E-state index contributed by atoms with van der Waals surface area (Å²) >= 11 is 0. The molecule has 0 aliphatic rings. The molecule has 0 heterocycles. The van der Waals surface area contributed by atoms with Crippen LogP contribution in [0.1, 0.15) is 19.4 Å². The summed E-state index contributed by atoms with van der Waals surface area (Å²) in [5.41, 5.74) is 6.16. The van der Waals surface area contributed by atoms with Gasteiger partial charge in [-0.2, -0.15) is 0 Å². The average Bonchev–Trinajstić information content (AvgIpc) is 2.15. The van der Waals surface area contributed by atoms with Gasteiger partial charge in [-0.25, -0.2) is 4.39 Å². The van der Waals surface area contributed by atoms with Crippen LogP contribution >= 0.6 is 12.4 Å². The van der Waals surface area contributed by atoms with Crippen LogP contribution in [-0.4, -0.2) is 6.61 Å². The summed E-state index contributed by atoms with van der Waals surface area (Å²) < 4.78 is 18.6. The zero-order valence-electron chi connectivity index (χ0n) is 9.00. The van der Waals surface area contributed by atoms with Crippen LogP contribution < -0.4 is 10.5 Å². The SMILES string of the molecule is CC(C)COc1ccc(CN)cc1F.Cl. The molecule has 15 heavy (non-hydrogen) atoms. The van der Waals surface area contributed by atoms with E-state index in [1.54, 1.807) is 12.1 Å². The molecule has 0 fully saturated rings. The van der Waals surface area contributed by atoms with Crippen molar-refractivity contribution in [3.8, 4) is 5.75 Å². The van der Waals surface area contributed by atoms with Crippen molar-refractivity contribution in [1.82, 2.24) is 0 Å². The number of nitrogens with two attached hydrogens (primary N) is 1. The van der Waals surface area contributed by atoms with E-state index in [1.807, 2.05) is 13.8 Å². The average molecular weight is 234 g/mol. The van der Waals surface area contributed by atoms with Gasteiger partial charge in [0.2, 0.25) is 0 Å². The standard InChI is InChI=1S/C11H16FNO.ClH/c1-8(2)7-14-11-4-3-9(6-13)5-10(11)12;/h3-5,8H,6-7,13H2,1-2H3;1H. The van der Waals surface area contributed by atoms with Crippen LogP contribution in [0.15, 0.2) is 18.2 Å². The zero-order chi connectivity index (χ0) is 10.6. The van der Waals surface area contributed by atoms with E-state index in [1.165, 1.54) is 6.07 Å². The summed E-state index contributed by atoms with van der Waals surface area (Å²) in [7, 11) is 0. The van der Waals surface area contributed by atoms with Crippen LogP contribution in [-0.2, 0) is 6.54 Å². The molecule has 0 saturated carbocycles. The Morgan fingerprint density at radius 1 is 1.40 bits per heavy atom. The molecule has 0 radical (unpaired) electrons. The van der Waals surface area contributed by atoms with Gasteiger partial charge in [-0.3, -0.25) is 0 Å². The van der Waals surface area contributed by atoms with Gasteiger partial charge in [0.05, 0.1) is 6.61 Å². The van der Waals surface area contributed by atoms with E-state index < -0.39 is 0 Å². The Kier molecular flexibility index (Phi) is 6.29. The third-order valence-corrected chi connectivity index (χ3v) is 1.80. The van der Waals surface area contributed by atoms with Gasteiger partial charge in [-0.15, -0.1) is 12.4 Å². The molecular formula is C11H17ClFNO. The molecule has 0 bridgehead atoms. The topological polar surface area (TPSA) is 35.2 Å². The van der Waals surface area contributed by atoms with Crippen LogP contribution in [0.25, 0.3) is 0 Å². The van der Waals surface area contributed by atoms with Gasteiger partial charge in [-0.1, -0.05) is 19.9 Å². The van der Waals surface area contributed by atoms with Crippen molar-refractivity contribution in [3.05, 3.63) is 29.6 Å². The van der Waals surface area contributed by atoms with E-state index >= 15 is 0 Å². The molecule has 0 aliphatic carbocycles. The quantitative estimate of drug-likeness (QED) is 0.868. The second-order valence-electron chi connectivity index (χ2n) is 3.67. The minimum atomic E-state index is -0.339. The zero-order valence-corrected chi connectivity index (χ0v) is 9.81. The molecule has 0 unspecified atom stereocenters. The van der Waals surface area contributed by atoms with Gasteiger partial charge in [-0.05, 0) is 23.6 Å². The van der Waals surface area contributed by atoms with E-state index in [-0.39, 0.29) is 18.2 Å². The Hall–Kier alpha value is -0.800. The molecule has 86 valence electrons. The third kappa shape index (κ3) is 4.49. The predicted molar refractivity (Wildman–Crippen MR) is 61.9 cm³/mol. The highest BCUT2D eigenvalue weighted by molar-refractivity contribution is 5.85. The molecule has 0 atom stereocenters. The van der Waals surface area contributed by atoms with E-state index in [4.69, 9.17) is 10.5 Å². The van der Waals surface area contributed by atoms with E-state index in [9.17, 15) is 4.39 Å². The number of hydrogen-bond donors (Lipinski definition) is 1. The fraction of sp³-hybridized carbons (Fsp3) is 0.455. The van der Waals surface area contributed by atoms with Crippen molar-refractivity contribution in [2.75, 3.05) is 6.61 Å². The monoisotopic (exact) mass is 233 g/mol. The van der Waals surface area contributed by atoms with Crippen LogP contribution in [0.5, 0.6) is 5.75 Å². The fourth-order valence-corrected chi connectivity index (χ4v) is 1.04. The maximum atomic E-state index is 13.3. The van der Waals surface area contributed by atoms with Gasteiger partial charge in [0.25, 0.3) is 0 Å². The summed E-state index contributed by atoms with van der Waals surface area (Å²) in [6.07, 6.45) is 0. The summed E-state index contributed by atoms with van der Waals surface area (Å²) in [6.45, 7) is 4.92. The number of hydrogen-bond acceptors (Lipinski definition) is 2. The molecular weight excluding hydrogens is 217 g/mol. The van der Waals surface area contributed by atoms with Crippen LogP contribution in [0.2, 0.25) is 0 Å². The molecule has 1 aromatic carbocycles. The molecule has 2 nitrogen and oxygen atoms in total. The van der Waals surface area contributed by atoms with E-state index in [2.05, 4.69) is 0 Å². The first-order chi connectivity index (χ1) is 6.63. The van der Waals surface area contributed by atoms with Crippen molar-refractivity contribution >= 4 is 12.4 Å². The van der Waals surface area contributed by atoms with Gasteiger partial charge in [0, 0.05) is 6.54 Å². The molecule has 0 aliphatic heterocycles. The smallest absolute Gasteiger partial charge is 0.165 e. The van der Waals surface area contributed by atoms with E-state index in [0.29, 0.717) is 24.8 Å². The molecule has 0 amide bonds. The van der Waals surface area contributed by atoms with Crippen LogP contribution in [0, 0.1) is 11.7 Å². The van der Waals surface area contributed by atoms with Crippen LogP contribution in [0.3, 0.4) is 0 Å². The lowest BCUT2D eigenvalue weighted by Gasteiger charge is -2.09. The second-order valence-corrected chi connectivity index (χ2v) is 3.67. The number of halogens is 2. The van der Waals surface area contributed by atoms with Crippen molar-refractivity contribution in [2.45, 2.75) is 20.4 Å². The van der Waals surface area contributed by atoms with Crippen molar-refractivity contribution in [3.63, 3.8) is 0 Å². The summed E-state index contributed by atoms with van der Waals surface area (Å²) in [5, 5.41) is 0. The first kappa shape index (κ1) is 14.2. The number of ether oxygens (including phenoxy) is 1. The highest BCUT2D eigenvalue weighted by Crippen LogP contribution is 2.18. The van der Waals surface area contributed by atoms with Crippen molar-refractivity contribution < 1.29 is 9.13 Å². The summed E-state index contributed by atoms with van der Waals surface area (Å²) in [5.74, 6) is 0.355. The largest absolute Gasteiger partial charge is 0.490 e. The normalized spacial score (nSPS) is 9.93. The summed E-state index contributed by atoms with van der Waals surface area (Å²) in [6, 6.07) is 4.81. The predicted octanol–water partition coefficient (Wildman–Crippen LogP) is 2.74. The lowest BCUT2D eigenvalue weighted by molar-refractivity contribution is 0.259. The number of benzene rings is 1. The van der Waals surface area contributed by atoms with Crippen molar-refractivity contribution in [1.29, 1.82) is 0 Å². The Morgan fingerprint density at radius 3 is 2.53 bits per heavy atom. The first-order valence-corrected chi connectivity index (χ1v) is 4.74. The molecule has 1 rings (SSSR count). The molecule has 0 aromatic heterocycles. The van der Waals surface area contributed by atoms with Crippen LogP contribution in [0.4, 0.5) is 4.39 Å². The second kappa shape index (κ2) is 6.64. The highest BCUT2D eigenvalue weighted by Gasteiger charge is 2.04. The van der Waals surface area contributed by atoms with Gasteiger partial charge < -0.3 is 10.5 Å². The summed E-state index contributed by atoms with van der Waals surface area (Å²) in [4.78, 5) is 0. The Morgan fingerprint density at radius 2 is 2.07 bits per heavy atom. The molecule has 0 spiro atoms. The lowest BCUT2D eigenvalue weighted by Crippen LogP contribution is -2.06. The van der Waals surface area contributed by atoms with Gasteiger partial charge in [0.15, 0.2) is 11.6 Å². The maximum absolute atomic E-state index is 13.3. The van der Waals surface area contributed by atoms with Gasteiger partial charge >= 0.3 is 0 Å². The van der Waals surface area contributed by atoms with Gasteiger partial charge in [0.1, 0.15) is 0 Å². The van der Waals surface area contributed by atoms with E-state index in [0.717, 1.165) is 5.56 Å². The fourth-order valence-electron chi connectivity index (χ4n) is 1.04. The highest BCUT2D eigenvalue weighted by atomic mass is 35.5. The number of rotatable bonds is 4. The molecule has 0 saturated heterocycles. The Labute approximate surface area is 96.0 Å². The minimum absolute atomic E-state index is 0. The first-order valence-electron chi connectivity index (χ1n) is 4.74. The third-order valence-electron chi connectivity index (χ3n) is 1.80. The molecule has 4 heteroatoms. The molecule has 2 N–H and O–H groups in total. The molecule has 1 aromatic rings. The lowest BCUT2D eigenvalue weighted by atomic mass is 10.2. The maximum Gasteiger partial charge on any atom is 0.165 e.